The molecular formula is C30H41N5O6. The number of pyridine rings is 1. The van der Waals surface area contributed by atoms with E-state index in [0.717, 1.165) is 35.1 Å². The average Bonchev–Trinajstić information content (AvgIpc) is 2.94. The number of amides is 2. The highest BCUT2D eigenvalue weighted by molar-refractivity contribution is 5.85. The van der Waals surface area contributed by atoms with Crippen LogP contribution in [-0.4, -0.2) is 79.1 Å². The third-order valence-electron chi connectivity index (χ3n) is 7.03. The van der Waals surface area contributed by atoms with E-state index in [1.54, 1.807) is 0 Å². The number of fused-ring (bicyclic) bond motifs is 4. The van der Waals surface area contributed by atoms with Crippen molar-refractivity contribution in [3.8, 4) is 0 Å². The van der Waals surface area contributed by atoms with Crippen LogP contribution in [0, 0.1) is 5.92 Å². The van der Waals surface area contributed by atoms with Crippen LogP contribution in [0.4, 0.5) is 0 Å². The first-order chi connectivity index (χ1) is 19.7. The summed E-state index contributed by atoms with van der Waals surface area (Å²) >= 11 is 0. The van der Waals surface area contributed by atoms with Crippen LogP contribution in [0.2, 0.25) is 0 Å². The molecule has 222 valence electrons. The standard InChI is InChI=1S/C30H41N5O6/c1-19(2)28-30(38)31-20(3)16-35-13-5-8-25(34-35)29(37)32-21(4)24-12-11-23-10-9-22(15-26(23)33-24)7-6-14-39-18-40-17-27(36)41-28/h6-7,9-12,15,19-21,25,28,34H,5,8,13-14,16-18H2,1-4H3,(H,31,38)(H,32,37)/b7-6+/t20-,21+,25-,28-/m0/s1. The Labute approximate surface area is 240 Å². The van der Waals surface area contributed by atoms with Crippen molar-refractivity contribution >= 4 is 34.8 Å². The number of nitrogens with zero attached hydrogens (tertiary/aromatic N) is 2. The van der Waals surface area contributed by atoms with Gasteiger partial charge in [0.15, 0.2) is 6.10 Å². The SMILES string of the molecule is CC(C)[C@@H]1OC(=O)COCOC/C=C/c2ccc3ccc(nc3c2)[C@@H](C)NC(=O)[C@@H]2CCCN(C[C@H](C)NC1=O)N2. The number of ether oxygens (including phenoxy) is 3. The van der Waals surface area contributed by atoms with Crippen LogP contribution in [0.5, 0.6) is 0 Å². The van der Waals surface area contributed by atoms with Gasteiger partial charge in [-0.1, -0.05) is 44.2 Å². The lowest BCUT2D eigenvalue weighted by Crippen LogP contribution is -2.58. The highest BCUT2D eigenvalue weighted by Crippen LogP contribution is 2.20. The lowest BCUT2D eigenvalue weighted by atomic mass is 10.1. The number of carbonyl (C=O) groups excluding carboxylic acids is 3. The zero-order valence-electron chi connectivity index (χ0n) is 24.2. The largest absolute Gasteiger partial charge is 0.450 e. The molecule has 1 saturated heterocycles. The van der Waals surface area contributed by atoms with Crippen molar-refractivity contribution in [1.29, 1.82) is 0 Å². The van der Waals surface area contributed by atoms with E-state index in [4.69, 9.17) is 19.2 Å². The maximum atomic E-state index is 13.2. The van der Waals surface area contributed by atoms with Gasteiger partial charge in [0.05, 0.1) is 23.9 Å². The Hall–Kier alpha value is -3.38. The summed E-state index contributed by atoms with van der Waals surface area (Å²) in [7, 11) is 0. The van der Waals surface area contributed by atoms with E-state index in [1.807, 2.05) is 75.2 Å². The fraction of sp³-hybridized carbons (Fsp3) is 0.533. The fourth-order valence-electron chi connectivity index (χ4n) is 4.91. The minimum atomic E-state index is -0.954. The summed E-state index contributed by atoms with van der Waals surface area (Å²) in [4.78, 5) is 43.3. The van der Waals surface area contributed by atoms with Crippen LogP contribution in [0.25, 0.3) is 17.0 Å². The van der Waals surface area contributed by atoms with E-state index in [-0.39, 0.29) is 49.8 Å². The molecule has 1 aromatic carbocycles. The lowest BCUT2D eigenvalue weighted by Gasteiger charge is -2.35. The smallest absolute Gasteiger partial charge is 0.332 e. The van der Waals surface area contributed by atoms with Gasteiger partial charge < -0.3 is 24.8 Å². The minimum absolute atomic E-state index is 0.0922. The van der Waals surface area contributed by atoms with Crippen molar-refractivity contribution in [1.82, 2.24) is 26.1 Å². The summed E-state index contributed by atoms with van der Waals surface area (Å²) in [5.74, 6) is -1.34. The molecule has 5 atom stereocenters. The fourth-order valence-corrected chi connectivity index (χ4v) is 4.91. The van der Waals surface area contributed by atoms with Crippen molar-refractivity contribution in [2.75, 3.05) is 33.1 Å². The molecule has 1 aromatic heterocycles. The first kappa shape index (κ1) is 30.6. The predicted molar refractivity (Wildman–Crippen MR) is 154 cm³/mol. The van der Waals surface area contributed by atoms with Gasteiger partial charge in [-0.2, -0.15) is 0 Å². The van der Waals surface area contributed by atoms with Crippen molar-refractivity contribution in [3.63, 3.8) is 0 Å². The summed E-state index contributed by atoms with van der Waals surface area (Å²) in [6.07, 6.45) is 4.35. The van der Waals surface area contributed by atoms with E-state index < -0.39 is 18.1 Å². The molecule has 2 aliphatic heterocycles. The van der Waals surface area contributed by atoms with E-state index in [2.05, 4.69) is 16.1 Å². The lowest BCUT2D eigenvalue weighted by molar-refractivity contribution is -0.166. The van der Waals surface area contributed by atoms with Gasteiger partial charge in [-0.3, -0.25) is 14.6 Å². The summed E-state index contributed by atoms with van der Waals surface area (Å²) in [6, 6.07) is 9.00. The first-order valence-electron chi connectivity index (χ1n) is 14.2. The quantitative estimate of drug-likeness (QED) is 0.445. The van der Waals surface area contributed by atoms with Crippen molar-refractivity contribution in [3.05, 3.63) is 47.7 Å². The second-order valence-electron chi connectivity index (χ2n) is 11.0. The Bertz CT molecular complexity index is 1250. The molecule has 11 heteroatoms. The topological polar surface area (TPSA) is 131 Å². The monoisotopic (exact) mass is 567 g/mol. The van der Waals surface area contributed by atoms with Gasteiger partial charge in [-0.25, -0.2) is 15.2 Å². The van der Waals surface area contributed by atoms with Gasteiger partial charge in [0.1, 0.15) is 19.4 Å². The third kappa shape index (κ3) is 8.80. The molecule has 0 spiro atoms. The van der Waals surface area contributed by atoms with Crippen LogP contribution >= 0.6 is 0 Å². The Morgan fingerprint density at radius 2 is 1.83 bits per heavy atom. The van der Waals surface area contributed by atoms with Crippen LogP contribution in [0.1, 0.15) is 57.8 Å². The summed E-state index contributed by atoms with van der Waals surface area (Å²) in [6.45, 7) is 8.52. The van der Waals surface area contributed by atoms with Gasteiger partial charge in [-0.05, 0) is 50.3 Å². The molecule has 11 nitrogen and oxygen atoms in total. The highest BCUT2D eigenvalue weighted by Gasteiger charge is 2.30. The zero-order valence-corrected chi connectivity index (χ0v) is 24.2. The van der Waals surface area contributed by atoms with Crippen LogP contribution in [0.15, 0.2) is 36.4 Å². The second kappa shape index (κ2) is 14.5. The molecule has 0 radical (unpaired) electrons. The number of cyclic esters (lactones) is 1. The van der Waals surface area contributed by atoms with E-state index >= 15 is 0 Å². The number of hydrogen-bond donors (Lipinski definition) is 3. The number of benzene rings is 1. The Kier molecular flexibility index (Phi) is 10.8. The zero-order chi connectivity index (χ0) is 29.4. The molecule has 1 fully saturated rings. The average molecular weight is 568 g/mol. The number of hydrogen-bond acceptors (Lipinski definition) is 9. The molecule has 2 aromatic rings. The summed E-state index contributed by atoms with van der Waals surface area (Å²) in [5, 5.41) is 9.00. The molecule has 2 amide bonds. The van der Waals surface area contributed by atoms with Crippen molar-refractivity contribution in [2.45, 2.75) is 64.8 Å². The van der Waals surface area contributed by atoms with Gasteiger partial charge in [0.25, 0.3) is 5.91 Å². The predicted octanol–water partition coefficient (Wildman–Crippen LogP) is 2.47. The Morgan fingerprint density at radius 3 is 2.63 bits per heavy atom. The molecule has 5 bridgehead atoms. The second-order valence-corrected chi connectivity index (χ2v) is 11.0. The van der Waals surface area contributed by atoms with Crippen LogP contribution in [-0.2, 0) is 28.6 Å². The number of hydrazine groups is 1. The van der Waals surface area contributed by atoms with Gasteiger partial charge in [0, 0.05) is 24.5 Å². The number of rotatable bonds is 1. The van der Waals surface area contributed by atoms with Crippen LogP contribution in [0.3, 0.4) is 0 Å². The molecule has 1 unspecified atom stereocenters. The number of aromatic nitrogens is 1. The number of esters is 1. The van der Waals surface area contributed by atoms with Gasteiger partial charge >= 0.3 is 5.97 Å². The first-order valence-corrected chi connectivity index (χ1v) is 14.2. The molecule has 3 N–H and O–H groups in total. The maximum absolute atomic E-state index is 13.2. The highest BCUT2D eigenvalue weighted by atomic mass is 16.7. The summed E-state index contributed by atoms with van der Waals surface area (Å²) < 4.78 is 16.2. The minimum Gasteiger partial charge on any atom is -0.450 e. The summed E-state index contributed by atoms with van der Waals surface area (Å²) in [5.41, 5.74) is 5.87. The van der Waals surface area contributed by atoms with Crippen molar-refractivity contribution < 1.29 is 28.6 Å². The number of carbonyl (C=O) groups is 3. The van der Waals surface area contributed by atoms with Crippen molar-refractivity contribution in [2.24, 2.45) is 5.92 Å². The molecule has 4 rings (SSSR count). The van der Waals surface area contributed by atoms with E-state index in [0.29, 0.717) is 13.0 Å². The van der Waals surface area contributed by atoms with Gasteiger partial charge in [-0.15, -0.1) is 0 Å². The normalized spacial score (nSPS) is 28.4. The Balaban J connectivity index is 1.50. The van der Waals surface area contributed by atoms with E-state index in [1.165, 1.54) is 0 Å². The van der Waals surface area contributed by atoms with E-state index in [9.17, 15) is 14.4 Å². The van der Waals surface area contributed by atoms with Crippen LogP contribution < -0.4 is 16.1 Å². The molecule has 0 aliphatic carbocycles. The Morgan fingerprint density at radius 1 is 1.02 bits per heavy atom. The van der Waals surface area contributed by atoms with Gasteiger partial charge in [0.2, 0.25) is 5.91 Å². The number of nitrogens with one attached hydrogen (secondary N) is 3. The molecular weight excluding hydrogens is 526 g/mol. The molecule has 0 saturated carbocycles. The molecule has 41 heavy (non-hydrogen) atoms. The molecule has 2 aliphatic rings. The third-order valence-corrected chi connectivity index (χ3v) is 7.03. The molecule has 3 heterocycles. The maximum Gasteiger partial charge on any atom is 0.332 e.